The van der Waals surface area contributed by atoms with Crippen LogP contribution in [0.2, 0.25) is 0 Å². The Balaban J connectivity index is 3.15. The highest BCUT2D eigenvalue weighted by molar-refractivity contribution is 14.1. The summed E-state index contributed by atoms with van der Waals surface area (Å²) in [5.41, 5.74) is 0.697. The Hall–Kier alpha value is -0.450. The first-order chi connectivity index (χ1) is 4.72. The Morgan fingerprint density at radius 3 is 2.80 bits per heavy atom. The molecule has 1 aromatic heterocycles. The minimum absolute atomic E-state index is 0.0671. The van der Waals surface area contributed by atoms with Crippen molar-refractivity contribution in [3.63, 3.8) is 0 Å². The second-order valence-electron chi connectivity index (χ2n) is 1.91. The summed E-state index contributed by atoms with van der Waals surface area (Å²) in [5.74, 6) is 0.0671. The summed E-state index contributed by atoms with van der Waals surface area (Å²) in [4.78, 5) is 14.7. The van der Waals surface area contributed by atoms with Crippen molar-refractivity contribution in [1.82, 2.24) is 4.98 Å². The number of hydrogen-bond acceptors (Lipinski definition) is 2. The van der Waals surface area contributed by atoms with Crippen molar-refractivity contribution in [3.05, 3.63) is 27.6 Å². The Morgan fingerprint density at radius 1 is 1.70 bits per heavy atom. The first-order valence-corrected chi connectivity index (χ1v) is 3.90. The van der Waals surface area contributed by atoms with E-state index < -0.39 is 0 Å². The van der Waals surface area contributed by atoms with Crippen LogP contribution in [0.15, 0.2) is 18.5 Å². The van der Waals surface area contributed by atoms with Crippen molar-refractivity contribution in [1.29, 1.82) is 0 Å². The molecule has 2 nitrogen and oxygen atoms in total. The summed E-state index contributed by atoms with van der Waals surface area (Å²) in [6, 6.07) is 1.82. The molecule has 0 atom stereocenters. The van der Waals surface area contributed by atoms with Crippen LogP contribution in [0.25, 0.3) is 0 Å². The van der Waals surface area contributed by atoms with Gasteiger partial charge in [-0.25, -0.2) is 0 Å². The molecule has 0 aliphatic rings. The van der Waals surface area contributed by atoms with E-state index in [2.05, 4.69) is 27.6 Å². The average Bonchev–Trinajstić information content (AvgIpc) is 1.88. The largest absolute Gasteiger partial charge is 0.294 e. The maximum atomic E-state index is 10.8. The van der Waals surface area contributed by atoms with Crippen LogP contribution in [0.5, 0.6) is 0 Å². The lowest BCUT2D eigenvalue weighted by Gasteiger charge is -1.95. The van der Waals surface area contributed by atoms with Gasteiger partial charge in [-0.1, -0.05) is 0 Å². The average molecular weight is 247 g/mol. The summed E-state index contributed by atoms with van der Waals surface area (Å²) in [5, 5.41) is 0. The molecule has 0 saturated heterocycles. The number of carbonyl (C=O) groups excluding carboxylic acids is 1. The van der Waals surface area contributed by atoms with Crippen LogP contribution >= 0.6 is 22.6 Å². The second kappa shape index (κ2) is 3.09. The predicted octanol–water partition coefficient (Wildman–Crippen LogP) is 1.89. The third kappa shape index (κ3) is 1.53. The van der Waals surface area contributed by atoms with Crippen molar-refractivity contribution in [2.24, 2.45) is 0 Å². The number of aromatic nitrogens is 1. The number of nitrogens with zero attached hydrogens (tertiary/aromatic N) is 1. The third-order valence-electron chi connectivity index (χ3n) is 1.15. The van der Waals surface area contributed by atoms with Crippen LogP contribution in [0.3, 0.4) is 0 Å². The molecule has 52 valence electrons. The Labute approximate surface area is 72.8 Å². The van der Waals surface area contributed by atoms with Crippen LogP contribution in [0.1, 0.15) is 17.3 Å². The summed E-state index contributed by atoms with van der Waals surface area (Å²) in [7, 11) is 0. The first-order valence-electron chi connectivity index (χ1n) is 2.82. The van der Waals surface area contributed by atoms with Crippen molar-refractivity contribution in [2.45, 2.75) is 6.92 Å². The van der Waals surface area contributed by atoms with Crippen LogP contribution in [-0.4, -0.2) is 10.8 Å². The highest BCUT2D eigenvalue weighted by Crippen LogP contribution is 2.09. The van der Waals surface area contributed by atoms with Crippen molar-refractivity contribution in [2.75, 3.05) is 0 Å². The standard InChI is InChI=1S/C7H6INO/c1-5(10)6-4-9-3-2-7(6)8/h2-4H,1H3. The summed E-state index contributed by atoms with van der Waals surface area (Å²) in [6.45, 7) is 1.54. The van der Waals surface area contributed by atoms with Gasteiger partial charge in [0.05, 0.1) is 0 Å². The topological polar surface area (TPSA) is 30.0 Å². The predicted molar refractivity (Wildman–Crippen MR) is 47.0 cm³/mol. The number of Topliss-reactive ketones (excluding diaryl/α,β-unsaturated/α-hetero) is 1. The van der Waals surface area contributed by atoms with E-state index in [4.69, 9.17) is 0 Å². The molecule has 0 aromatic carbocycles. The number of hydrogen-bond donors (Lipinski definition) is 0. The van der Waals surface area contributed by atoms with Crippen LogP contribution in [-0.2, 0) is 0 Å². The van der Waals surface area contributed by atoms with Crippen molar-refractivity contribution < 1.29 is 4.79 Å². The van der Waals surface area contributed by atoms with E-state index in [0.717, 1.165) is 3.57 Å². The fourth-order valence-corrected chi connectivity index (χ4v) is 1.32. The molecular weight excluding hydrogens is 241 g/mol. The molecule has 1 rings (SSSR count). The van der Waals surface area contributed by atoms with Crippen molar-refractivity contribution in [3.8, 4) is 0 Å². The zero-order valence-corrected chi connectivity index (χ0v) is 7.62. The SMILES string of the molecule is CC(=O)c1cnccc1I. The molecule has 0 amide bonds. The van der Waals surface area contributed by atoms with E-state index in [1.807, 2.05) is 6.07 Å². The molecule has 0 unspecified atom stereocenters. The Kier molecular flexibility index (Phi) is 2.37. The summed E-state index contributed by atoms with van der Waals surface area (Å²) >= 11 is 2.11. The maximum Gasteiger partial charge on any atom is 0.162 e. The summed E-state index contributed by atoms with van der Waals surface area (Å²) in [6.07, 6.45) is 3.26. The zero-order chi connectivity index (χ0) is 7.56. The molecule has 1 heterocycles. The molecule has 0 saturated carbocycles. The molecule has 0 radical (unpaired) electrons. The number of ketones is 1. The lowest BCUT2D eigenvalue weighted by atomic mass is 10.2. The fourth-order valence-electron chi connectivity index (χ4n) is 0.637. The minimum atomic E-state index is 0.0671. The number of halogens is 1. The molecule has 0 aliphatic carbocycles. The van der Waals surface area contributed by atoms with E-state index >= 15 is 0 Å². The van der Waals surface area contributed by atoms with Gasteiger partial charge in [-0.3, -0.25) is 9.78 Å². The monoisotopic (exact) mass is 247 g/mol. The van der Waals surface area contributed by atoms with Gasteiger partial charge in [0.15, 0.2) is 5.78 Å². The van der Waals surface area contributed by atoms with Gasteiger partial charge in [-0.05, 0) is 35.6 Å². The molecule has 0 bridgehead atoms. The smallest absolute Gasteiger partial charge is 0.162 e. The van der Waals surface area contributed by atoms with Gasteiger partial charge < -0.3 is 0 Å². The highest BCUT2D eigenvalue weighted by atomic mass is 127. The van der Waals surface area contributed by atoms with Gasteiger partial charge in [0.2, 0.25) is 0 Å². The minimum Gasteiger partial charge on any atom is -0.294 e. The fraction of sp³-hybridized carbons (Fsp3) is 0.143. The number of carbonyl (C=O) groups is 1. The number of rotatable bonds is 1. The maximum absolute atomic E-state index is 10.8. The van der Waals surface area contributed by atoms with Crippen LogP contribution in [0, 0.1) is 3.57 Å². The van der Waals surface area contributed by atoms with Gasteiger partial charge in [0.25, 0.3) is 0 Å². The third-order valence-corrected chi connectivity index (χ3v) is 2.09. The van der Waals surface area contributed by atoms with Gasteiger partial charge in [0, 0.05) is 21.5 Å². The molecule has 1 aromatic rings. The zero-order valence-electron chi connectivity index (χ0n) is 5.47. The molecule has 0 N–H and O–H groups in total. The van der Waals surface area contributed by atoms with Crippen molar-refractivity contribution >= 4 is 28.4 Å². The molecule has 0 spiro atoms. The van der Waals surface area contributed by atoms with Crippen LogP contribution in [0.4, 0.5) is 0 Å². The van der Waals surface area contributed by atoms with Crippen LogP contribution < -0.4 is 0 Å². The van der Waals surface area contributed by atoms with E-state index in [1.165, 1.54) is 0 Å². The first kappa shape index (κ1) is 7.65. The second-order valence-corrected chi connectivity index (χ2v) is 3.07. The Bertz CT molecular complexity index is 260. The lowest BCUT2D eigenvalue weighted by Crippen LogP contribution is -1.95. The van der Waals surface area contributed by atoms with Gasteiger partial charge >= 0.3 is 0 Å². The van der Waals surface area contributed by atoms with E-state index in [-0.39, 0.29) is 5.78 Å². The molecule has 0 fully saturated rings. The van der Waals surface area contributed by atoms with E-state index in [1.54, 1.807) is 19.3 Å². The number of pyridine rings is 1. The van der Waals surface area contributed by atoms with E-state index in [9.17, 15) is 4.79 Å². The van der Waals surface area contributed by atoms with E-state index in [0.29, 0.717) is 5.56 Å². The molecule has 0 aliphatic heterocycles. The highest BCUT2D eigenvalue weighted by Gasteiger charge is 2.02. The lowest BCUT2D eigenvalue weighted by molar-refractivity contribution is 0.101. The quantitative estimate of drug-likeness (QED) is 0.560. The van der Waals surface area contributed by atoms with Gasteiger partial charge in [0.1, 0.15) is 0 Å². The van der Waals surface area contributed by atoms with Gasteiger partial charge in [-0.15, -0.1) is 0 Å². The Morgan fingerprint density at radius 2 is 2.40 bits per heavy atom. The molecular formula is C7H6INO. The molecule has 10 heavy (non-hydrogen) atoms. The normalized spacial score (nSPS) is 9.40. The van der Waals surface area contributed by atoms with Gasteiger partial charge in [-0.2, -0.15) is 0 Å². The molecule has 3 heteroatoms. The summed E-state index contributed by atoms with van der Waals surface area (Å²) < 4.78 is 0.958.